The molecule has 1 saturated carbocycles. The number of alkyl halides is 1. The van der Waals surface area contributed by atoms with Gasteiger partial charge in [-0.2, -0.15) is 0 Å². The van der Waals surface area contributed by atoms with Gasteiger partial charge in [-0.1, -0.05) is 6.92 Å². The smallest absolute Gasteiger partial charge is 0.220 e. The van der Waals surface area contributed by atoms with E-state index in [0.29, 0.717) is 18.3 Å². The van der Waals surface area contributed by atoms with Crippen LogP contribution in [0.15, 0.2) is 0 Å². The van der Waals surface area contributed by atoms with Gasteiger partial charge in [-0.25, -0.2) is 0 Å². The number of amides is 1. The third-order valence-corrected chi connectivity index (χ3v) is 3.44. The third kappa shape index (κ3) is 5.41. The van der Waals surface area contributed by atoms with Crippen molar-refractivity contribution < 1.29 is 4.79 Å². The fourth-order valence-electron chi connectivity index (χ4n) is 2.08. The Balaban J connectivity index is 2.09. The molecular formula is C12H22ClNO. The lowest BCUT2D eigenvalue weighted by Crippen LogP contribution is -2.37. The van der Waals surface area contributed by atoms with Crippen molar-refractivity contribution in [3.63, 3.8) is 0 Å². The molecule has 1 fully saturated rings. The molecule has 0 bridgehead atoms. The Morgan fingerprint density at radius 1 is 1.27 bits per heavy atom. The summed E-state index contributed by atoms with van der Waals surface area (Å²) in [6.07, 6.45) is 7.32. The van der Waals surface area contributed by atoms with Crippen molar-refractivity contribution in [1.82, 2.24) is 5.32 Å². The third-order valence-electron chi connectivity index (χ3n) is 3.17. The molecule has 0 saturated heterocycles. The Morgan fingerprint density at radius 3 is 2.53 bits per heavy atom. The van der Waals surface area contributed by atoms with Crippen LogP contribution in [0, 0.1) is 5.92 Å². The Bertz CT molecular complexity index is 188. The van der Waals surface area contributed by atoms with Crippen LogP contribution in [0.3, 0.4) is 0 Å². The van der Waals surface area contributed by atoms with Crippen LogP contribution in [-0.4, -0.2) is 17.8 Å². The second-order valence-corrected chi connectivity index (χ2v) is 5.05. The van der Waals surface area contributed by atoms with Crippen molar-refractivity contribution in [2.24, 2.45) is 5.92 Å². The molecule has 1 aliphatic carbocycles. The summed E-state index contributed by atoms with van der Waals surface area (Å²) in [5.74, 6) is 1.71. The number of hydrogen-bond donors (Lipinski definition) is 1. The highest BCUT2D eigenvalue weighted by atomic mass is 35.5. The van der Waals surface area contributed by atoms with Crippen LogP contribution in [0.1, 0.15) is 51.9 Å². The maximum absolute atomic E-state index is 11.5. The van der Waals surface area contributed by atoms with E-state index in [4.69, 9.17) is 11.6 Å². The van der Waals surface area contributed by atoms with Crippen molar-refractivity contribution in [2.45, 2.75) is 57.9 Å². The van der Waals surface area contributed by atoms with Crippen molar-refractivity contribution in [3.05, 3.63) is 0 Å². The van der Waals surface area contributed by atoms with E-state index in [0.717, 1.165) is 31.6 Å². The lowest BCUT2D eigenvalue weighted by molar-refractivity contribution is -0.122. The topological polar surface area (TPSA) is 29.1 Å². The minimum Gasteiger partial charge on any atom is -0.353 e. The fraction of sp³-hybridized carbons (Fsp3) is 0.917. The van der Waals surface area contributed by atoms with Gasteiger partial charge < -0.3 is 5.32 Å². The number of carbonyl (C=O) groups is 1. The van der Waals surface area contributed by atoms with E-state index < -0.39 is 0 Å². The maximum Gasteiger partial charge on any atom is 0.220 e. The molecule has 1 N–H and O–H groups in total. The Kier molecular flexibility index (Phi) is 6.07. The summed E-state index contributed by atoms with van der Waals surface area (Å²) >= 11 is 5.56. The lowest BCUT2D eigenvalue weighted by atomic mass is 9.87. The van der Waals surface area contributed by atoms with E-state index in [-0.39, 0.29) is 5.91 Å². The van der Waals surface area contributed by atoms with Crippen molar-refractivity contribution >= 4 is 17.5 Å². The average molecular weight is 232 g/mol. The molecule has 0 aromatic heterocycles. The Morgan fingerprint density at radius 2 is 1.93 bits per heavy atom. The fourth-order valence-corrected chi connectivity index (χ4v) is 2.27. The molecule has 1 amide bonds. The van der Waals surface area contributed by atoms with E-state index in [1.165, 1.54) is 12.8 Å². The molecule has 3 heteroatoms. The molecule has 0 heterocycles. The molecule has 0 radical (unpaired) electrons. The quantitative estimate of drug-likeness (QED) is 0.572. The van der Waals surface area contributed by atoms with E-state index >= 15 is 0 Å². The van der Waals surface area contributed by atoms with Crippen LogP contribution in [0.2, 0.25) is 0 Å². The van der Waals surface area contributed by atoms with E-state index in [1.807, 2.05) is 0 Å². The average Bonchev–Trinajstić information content (AvgIpc) is 2.22. The van der Waals surface area contributed by atoms with Crippen molar-refractivity contribution in [2.75, 3.05) is 5.88 Å². The Labute approximate surface area is 97.8 Å². The summed E-state index contributed by atoms with van der Waals surface area (Å²) in [5, 5.41) is 3.12. The molecule has 88 valence electrons. The predicted octanol–water partition coefficient (Wildman–Crippen LogP) is 3.09. The lowest BCUT2D eigenvalue weighted by Gasteiger charge is -2.26. The molecule has 15 heavy (non-hydrogen) atoms. The highest BCUT2D eigenvalue weighted by molar-refractivity contribution is 6.17. The van der Waals surface area contributed by atoms with E-state index in [2.05, 4.69) is 12.2 Å². The second kappa shape index (κ2) is 7.10. The number of carbonyl (C=O) groups excluding carboxylic acids is 1. The first-order chi connectivity index (χ1) is 7.22. The summed E-state index contributed by atoms with van der Waals surface area (Å²) < 4.78 is 0. The van der Waals surface area contributed by atoms with E-state index in [9.17, 15) is 4.79 Å². The summed E-state index contributed by atoms with van der Waals surface area (Å²) in [4.78, 5) is 11.5. The van der Waals surface area contributed by atoms with Gasteiger partial charge in [0.15, 0.2) is 0 Å². The zero-order chi connectivity index (χ0) is 11.1. The molecule has 0 aromatic carbocycles. The Hall–Kier alpha value is -0.240. The highest BCUT2D eigenvalue weighted by Crippen LogP contribution is 2.23. The molecule has 0 aliphatic heterocycles. The van der Waals surface area contributed by atoms with Gasteiger partial charge in [0.2, 0.25) is 5.91 Å². The molecule has 0 atom stereocenters. The molecule has 0 unspecified atom stereocenters. The molecular weight excluding hydrogens is 210 g/mol. The molecule has 0 aromatic rings. The van der Waals surface area contributed by atoms with Gasteiger partial charge in [0.05, 0.1) is 0 Å². The molecule has 2 nitrogen and oxygen atoms in total. The predicted molar refractivity (Wildman–Crippen MR) is 64.1 cm³/mol. The number of unbranched alkanes of at least 4 members (excludes halogenated alkanes) is 1. The molecule has 1 rings (SSSR count). The highest BCUT2D eigenvalue weighted by Gasteiger charge is 2.19. The number of halogens is 1. The van der Waals surface area contributed by atoms with Crippen LogP contribution < -0.4 is 5.32 Å². The van der Waals surface area contributed by atoms with E-state index in [1.54, 1.807) is 0 Å². The zero-order valence-electron chi connectivity index (χ0n) is 9.60. The van der Waals surface area contributed by atoms with Crippen molar-refractivity contribution in [3.8, 4) is 0 Å². The molecule has 0 spiro atoms. The van der Waals surface area contributed by atoms with Crippen LogP contribution >= 0.6 is 11.6 Å². The van der Waals surface area contributed by atoms with Gasteiger partial charge in [-0.15, -0.1) is 11.6 Å². The first-order valence-corrected chi connectivity index (χ1v) is 6.61. The van der Waals surface area contributed by atoms with Crippen LogP contribution in [0.4, 0.5) is 0 Å². The van der Waals surface area contributed by atoms with Gasteiger partial charge in [0.1, 0.15) is 0 Å². The van der Waals surface area contributed by atoms with Crippen molar-refractivity contribution in [1.29, 1.82) is 0 Å². The van der Waals surface area contributed by atoms with Gasteiger partial charge in [-0.05, 0) is 44.4 Å². The SMILES string of the molecule is CC1CCC(NC(=O)CCCCCl)CC1. The van der Waals surface area contributed by atoms with Gasteiger partial charge in [0, 0.05) is 18.3 Å². The number of nitrogens with one attached hydrogen (secondary N) is 1. The second-order valence-electron chi connectivity index (χ2n) is 4.67. The number of hydrogen-bond acceptors (Lipinski definition) is 1. The standard InChI is InChI=1S/C12H22ClNO/c1-10-5-7-11(8-6-10)14-12(15)4-2-3-9-13/h10-11H,2-9H2,1H3,(H,14,15). The summed E-state index contributed by atoms with van der Waals surface area (Å²) in [5.41, 5.74) is 0. The van der Waals surface area contributed by atoms with Gasteiger partial charge in [-0.3, -0.25) is 4.79 Å². The van der Waals surface area contributed by atoms with Crippen LogP contribution in [-0.2, 0) is 4.79 Å². The summed E-state index contributed by atoms with van der Waals surface area (Å²) in [6.45, 7) is 2.29. The number of rotatable bonds is 5. The normalized spacial score (nSPS) is 26.3. The monoisotopic (exact) mass is 231 g/mol. The van der Waals surface area contributed by atoms with Gasteiger partial charge >= 0.3 is 0 Å². The maximum atomic E-state index is 11.5. The zero-order valence-corrected chi connectivity index (χ0v) is 10.4. The summed E-state index contributed by atoms with van der Waals surface area (Å²) in [7, 11) is 0. The van der Waals surface area contributed by atoms with Gasteiger partial charge in [0.25, 0.3) is 0 Å². The minimum absolute atomic E-state index is 0.208. The molecule has 1 aliphatic rings. The first kappa shape index (κ1) is 12.8. The van der Waals surface area contributed by atoms with Crippen LogP contribution in [0.5, 0.6) is 0 Å². The van der Waals surface area contributed by atoms with Crippen LogP contribution in [0.25, 0.3) is 0 Å². The minimum atomic E-state index is 0.208. The largest absolute Gasteiger partial charge is 0.353 e. The first-order valence-electron chi connectivity index (χ1n) is 6.07. The summed E-state index contributed by atoms with van der Waals surface area (Å²) in [6, 6.07) is 0.435.